The van der Waals surface area contributed by atoms with Crippen LogP contribution in [0.4, 0.5) is 14.5 Å². The molecule has 1 heterocycles. The second-order valence-corrected chi connectivity index (χ2v) is 7.75. The first-order valence-corrected chi connectivity index (χ1v) is 10.6. The van der Waals surface area contributed by atoms with Gasteiger partial charge in [-0.2, -0.15) is 0 Å². The number of hydrogen-bond acceptors (Lipinski definition) is 4. The van der Waals surface area contributed by atoms with Crippen LogP contribution in [0, 0.1) is 11.6 Å². The summed E-state index contributed by atoms with van der Waals surface area (Å²) in [6, 6.07) is 19.6. The van der Waals surface area contributed by atoms with Crippen molar-refractivity contribution in [1.82, 2.24) is 4.98 Å². The predicted molar refractivity (Wildman–Crippen MR) is 127 cm³/mol. The lowest BCUT2D eigenvalue weighted by Crippen LogP contribution is -2.41. The first-order valence-electron chi connectivity index (χ1n) is 10.6. The van der Waals surface area contributed by atoms with Crippen LogP contribution in [0.15, 0.2) is 91.3 Å². The van der Waals surface area contributed by atoms with E-state index in [2.05, 4.69) is 10.3 Å². The number of methoxy groups -OCH3 is 1. The van der Waals surface area contributed by atoms with E-state index in [0.29, 0.717) is 22.6 Å². The molecule has 0 spiro atoms. The molecule has 7 heteroatoms. The Bertz CT molecular complexity index is 1220. The Labute approximate surface area is 196 Å². The average molecular weight is 459 g/mol. The van der Waals surface area contributed by atoms with Gasteiger partial charge in [0, 0.05) is 23.4 Å². The molecule has 3 N–H and O–H groups in total. The summed E-state index contributed by atoms with van der Waals surface area (Å²) in [4.78, 5) is 17.1. The zero-order valence-corrected chi connectivity index (χ0v) is 18.4. The van der Waals surface area contributed by atoms with Gasteiger partial charge in [-0.25, -0.2) is 8.78 Å². The minimum absolute atomic E-state index is 0.398. The lowest BCUT2D eigenvalue weighted by atomic mass is 9.85. The molecule has 0 fully saturated rings. The molecule has 172 valence electrons. The minimum atomic E-state index is -1.00. The monoisotopic (exact) mass is 459 g/mol. The number of anilines is 1. The number of carbonyl (C=O) groups is 1. The first-order chi connectivity index (χ1) is 16.5. The number of nitrogens with one attached hydrogen (secondary N) is 1. The minimum Gasteiger partial charge on any atom is -0.494 e. The third kappa shape index (κ3) is 5.10. The Balaban J connectivity index is 1.56. The SMILES string of the molecule is COc1cnccc1-c1ccc(NC(=O)[C@@H](N)C(c2ccc(F)cc2)c2ccc(F)cc2)cc1. The lowest BCUT2D eigenvalue weighted by molar-refractivity contribution is -0.117. The van der Waals surface area contributed by atoms with Crippen molar-refractivity contribution in [2.24, 2.45) is 5.73 Å². The third-order valence-electron chi connectivity index (χ3n) is 5.59. The number of ether oxygens (including phenoxy) is 1. The molecule has 0 aliphatic heterocycles. The van der Waals surface area contributed by atoms with Crippen molar-refractivity contribution in [3.05, 3.63) is 114 Å². The van der Waals surface area contributed by atoms with E-state index in [1.165, 1.54) is 24.3 Å². The third-order valence-corrected chi connectivity index (χ3v) is 5.59. The Morgan fingerprint density at radius 1 is 0.882 bits per heavy atom. The Hall–Kier alpha value is -4.10. The molecular weight excluding hydrogens is 436 g/mol. The van der Waals surface area contributed by atoms with Gasteiger partial charge < -0.3 is 15.8 Å². The van der Waals surface area contributed by atoms with Gasteiger partial charge in [0.2, 0.25) is 5.91 Å². The maximum absolute atomic E-state index is 13.5. The van der Waals surface area contributed by atoms with Gasteiger partial charge in [-0.15, -0.1) is 0 Å². The summed E-state index contributed by atoms with van der Waals surface area (Å²) >= 11 is 0. The van der Waals surface area contributed by atoms with E-state index in [1.54, 1.807) is 55.9 Å². The van der Waals surface area contributed by atoms with E-state index in [0.717, 1.165) is 11.1 Å². The van der Waals surface area contributed by atoms with Crippen LogP contribution in [-0.4, -0.2) is 24.0 Å². The molecule has 1 amide bonds. The summed E-state index contributed by atoms with van der Waals surface area (Å²) in [5.74, 6) is -1.17. The second-order valence-electron chi connectivity index (χ2n) is 7.75. The smallest absolute Gasteiger partial charge is 0.242 e. The molecule has 0 aliphatic carbocycles. The number of aromatic nitrogens is 1. The Morgan fingerprint density at radius 3 is 1.97 bits per heavy atom. The predicted octanol–water partition coefficient (Wildman–Crippen LogP) is 5.13. The summed E-state index contributed by atoms with van der Waals surface area (Å²) in [7, 11) is 1.58. The van der Waals surface area contributed by atoms with Gasteiger partial charge >= 0.3 is 0 Å². The van der Waals surface area contributed by atoms with Crippen LogP contribution in [0.1, 0.15) is 17.0 Å². The number of benzene rings is 3. The highest BCUT2D eigenvalue weighted by atomic mass is 19.1. The molecule has 34 heavy (non-hydrogen) atoms. The molecule has 5 nitrogen and oxygen atoms in total. The summed E-state index contributed by atoms with van der Waals surface area (Å²) < 4.78 is 32.3. The van der Waals surface area contributed by atoms with E-state index in [4.69, 9.17) is 10.5 Å². The molecule has 0 saturated heterocycles. The Kier molecular flexibility index (Phi) is 6.94. The molecular formula is C27H23F2N3O2. The summed E-state index contributed by atoms with van der Waals surface area (Å²) in [6.45, 7) is 0. The number of nitrogens with zero attached hydrogens (tertiary/aromatic N) is 1. The van der Waals surface area contributed by atoms with Crippen molar-refractivity contribution >= 4 is 11.6 Å². The van der Waals surface area contributed by atoms with Crippen molar-refractivity contribution in [3.63, 3.8) is 0 Å². The highest BCUT2D eigenvalue weighted by Crippen LogP contribution is 2.31. The molecule has 0 bridgehead atoms. The number of hydrogen-bond donors (Lipinski definition) is 2. The standard InChI is InChI=1S/C27H23F2N3O2/c1-34-24-16-31-15-14-23(24)17-6-12-22(13-7-17)32-27(33)26(30)25(18-2-8-20(28)9-3-18)19-4-10-21(29)11-5-19/h2-16,25-26H,30H2,1H3,(H,32,33)/t26-/m0/s1. The number of nitrogens with two attached hydrogens (primary N) is 1. The van der Waals surface area contributed by atoms with E-state index in [-0.39, 0.29) is 0 Å². The van der Waals surface area contributed by atoms with Gasteiger partial charge in [0.1, 0.15) is 17.4 Å². The number of carbonyl (C=O) groups excluding carboxylic acids is 1. The average Bonchev–Trinajstić information content (AvgIpc) is 2.87. The van der Waals surface area contributed by atoms with E-state index < -0.39 is 29.5 Å². The van der Waals surface area contributed by atoms with Crippen LogP contribution in [0.3, 0.4) is 0 Å². The van der Waals surface area contributed by atoms with Crippen molar-refractivity contribution in [2.45, 2.75) is 12.0 Å². The molecule has 3 aromatic carbocycles. The highest BCUT2D eigenvalue weighted by molar-refractivity contribution is 5.96. The van der Waals surface area contributed by atoms with Gasteiger partial charge in [0.25, 0.3) is 0 Å². The second kappa shape index (κ2) is 10.2. The zero-order valence-electron chi connectivity index (χ0n) is 18.4. The van der Waals surface area contributed by atoms with Gasteiger partial charge in [0.05, 0.1) is 19.3 Å². The molecule has 1 aromatic heterocycles. The molecule has 0 radical (unpaired) electrons. The quantitative estimate of drug-likeness (QED) is 0.402. The van der Waals surface area contributed by atoms with E-state index >= 15 is 0 Å². The van der Waals surface area contributed by atoms with Gasteiger partial charge in [-0.1, -0.05) is 36.4 Å². The summed E-state index contributed by atoms with van der Waals surface area (Å²) in [6.07, 6.45) is 3.31. The largest absolute Gasteiger partial charge is 0.494 e. The molecule has 4 rings (SSSR count). The van der Waals surface area contributed by atoms with Crippen LogP contribution >= 0.6 is 0 Å². The first kappa shape index (κ1) is 23.1. The van der Waals surface area contributed by atoms with Crippen LogP contribution in [0.2, 0.25) is 0 Å². The van der Waals surface area contributed by atoms with Crippen LogP contribution in [-0.2, 0) is 4.79 Å². The summed E-state index contributed by atoms with van der Waals surface area (Å²) in [5, 5.41) is 2.84. The molecule has 1 atom stereocenters. The zero-order chi connectivity index (χ0) is 24.1. The number of amides is 1. The van der Waals surface area contributed by atoms with Crippen molar-refractivity contribution in [3.8, 4) is 16.9 Å². The summed E-state index contributed by atoms with van der Waals surface area (Å²) in [5.41, 5.74) is 10.0. The number of halogens is 2. The maximum atomic E-state index is 13.5. The number of pyridine rings is 1. The fourth-order valence-electron chi connectivity index (χ4n) is 3.84. The molecule has 0 saturated carbocycles. The van der Waals surface area contributed by atoms with Crippen LogP contribution in [0.25, 0.3) is 11.1 Å². The normalized spacial score (nSPS) is 11.8. The highest BCUT2D eigenvalue weighted by Gasteiger charge is 2.28. The molecule has 0 unspecified atom stereocenters. The van der Waals surface area contributed by atoms with Crippen molar-refractivity contribution < 1.29 is 18.3 Å². The van der Waals surface area contributed by atoms with E-state index in [9.17, 15) is 13.6 Å². The fraction of sp³-hybridized carbons (Fsp3) is 0.111. The van der Waals surface area contributed by atoms with Crippen LogP contribution in [0.5, 0.6) is 5.75 Å². The van der Waals surface area contributed by atoms with Gasteiger partial charge in [0.15, 0.2) is 0 Å². The van der Waals surface area contributed by atoms with Gasteiger partial charge in [-0.3, -0.25) is 9.78 Å². The van der Waals surface area contributed by atoms with E-state index in [1.807, 2.05) is 18.2 Å². The topological polar surface area (TPSA) is 77.2 Å². The molecule has 4 aromatic rings. The Morgan fingerprint density at radius 2 is 1.44 bits per heavy atom. The van der Waals surface area contributed by atoms with Crippen molar-refractivity contribution in [2.75, 3.05) is 12.4 Å². The van der Waals surface area contributed by atoms with Crippen molar-refractivity contribution in [1.29, 1.82) is 0 Å². The fourth-order valence-corrected chi connectivity index (χ4v) is 3.84. The lowest BCUT2D eigenvalue weighted by Gasteiger charge is -2.24. The molecule has 0 aliphatic rings. The number of rotatable bonds is 7. The maximum Gasteiger partial charge on any atom is 0.242 e. The van der Waals surface area contributed by atoms with Crippen LogP contribution < -0.4 is 15.8 Å². The van der Waals surface area contributed by atoms with Gasteiger partial charge in [-0.05, 0) is 59.2 Å².